The molecule has 0 aromatic heterocycles. The molecule has 2 aliphatic carbocycles. The van der Waals surface area contributed by atoms with Crippen molar-refractivity contribution in [3.63, 3.8) is 0 Å². The molecule has 0 aliphatic heterocycles. The van der Waals surface area contributed by atoms with Crippen molar-refractivity contribution in [2.24, 2.45) is 23.2 Å². The molecular weight excluding hydrogens is 230 g/mol. The third-order valence-corrected chi connectivity index (χ3v) is 5.82. The number of hydrogen-bond acceptors (Lipinski definition) is 1. The van der Waals surface area contributed by atoms with Crippen molar-refractivity contribution in [3.8, 4) is 0 Å². The van der Waals surface area contributed by atoms with E-state index < -0.39 is 0 Å². The molecular formula is C18H35N. The molecule has 0 aromatic carbocycles. The van der Waals surface area contributed by atoms with E-state index in [1.807, 2.05) is 0 Å². The Morgan fingerprint density at radius 2 is 1.74 bits per heavy atom. The summed E-state index contributed by atoms with van der Waals surface area (Å²) >= 11 is 0. The normalized spacial score (nSPS) is 34.1. The Balaban J connectivity index is 1.95. The van der Waals surface area contributed by atoms with E-state index in [9.17, 15) is 0 Å². The number of hydrogen-bond donors (Lipinski definition) is 1. The van der Waals surface area contributed by atoms with Gasteiger partial charge in [0.2, 0.25) is 0 Å². The van der Waals surface area contributed by atoms with Crippen LogP contribution in [0.5, 0.6) is 0 Å². The third kappa shape index (κ3) is 4.21. The molecule has 0 heterocycles. The fourth-order valence-corrected chi connectivity index (χ4v) is 4.54. The van der Waals surface area contributed by atoms with Gasteiger partial charge < -0.3 is 5.32 Å². The van der Waals surface area contributed by atoms with Crippen LogP contribution in [0.2, 0.25) is 0 Å². The summed E-state index contributed by atoms with van der Waals surface area (Å²) in [5.74, 6) is 2.86. The summed E-state index contributed by atoms with van der Waals surface area (Å²) in [6, 6.07) is 0.809. The Hall–Kier alpha value is -0.0400. The van der Waals surface area contributed by atoms with Crippen molar-refractivity contribution in [2.75, 3.05) is 6.54 Å². The Bertz CT molecular complexity index is 261. The van der Waals surface area contributed by atoms with Gasteiger partial charge in [-0.1, -0.05) is 40.5 Å². The van der Waals surface area contributed by atoms with Crippen LogP contribution in [0.25, 0.3) is 0 Å². The van der Waals surface area contributed by atoms with Crippen molar-refractivity contribution in [2.45, 2.75) is 85.1 Å². The summed E-state index contributed by atoms with van der Waals surface area (Å²) in [6.45, 7) is 10.8. The standard InChI is InChI=1S/C18H35N/c1-5-19-17(16-8-6-7-14(2)13-16)15-9-11-18(3,4)12-10-15/h14-17,19H,5-13H2,1-4H3. The zero-order valence-electron chi connectivity index (χ0n) is 13.7. The van der Waals surface area contributed by atoms with Gasteiger partial charge in [0.1, 0.15) is 0 Å². The summed E-state index contributed by atoms with van der Waals surface area (Å²) in [4.78, 5) is 0. The van der Waals surface area contributed by atoms with Gasteiger partial charge in [0.05, 0.1) is 0 Å². The first-order valence-corrected chi connectivity index (χ1v) is 8.75. The van der Waals surface area contributed by atoms with Gasteiger partial charge >= 0.3 is 0 Å². The molecule has 3 atom stereocenters. The molecule has 3 unspecified atom stereocenters. The molecule has 0 spiro atoms. The summed E-state index contributed by atoms with van der Waals surface area (Å²) < 4.78 is 0. The molecule has 2 rings (SSSR count). The highest BCUT2D eigenvalue weighted by Gasteiger charge is 2.35. The van der Waals surface area contributed by atoms with Crippen molar-refractivity contribution in [3.05, 3.63) is 0 Å². The molecule has 0 bridgehead atoms. The lowest BCUT2D eigenvalue weighted by Crippen LogP contribution is -2.45. The summed E-state index contributed by atoms with van der Waals surface area (Å²) in [5, 5.41) is 3.87. The topological polar surface area (TPSA) is 12.0 Å². The SMILES string of the molecule is CCNC(C1CCC(C)(C)CC1)C1CCCC(C)C1. The highest BCUT2D eigenvalue weighted by molar-refractivity contribution is 4.90. The zero-order valence-corrected chi connectivity index (χ0v) is 13.7. The van der Waals surface area contributed by atoms with Crippen LogP contribution in [-0.2, 0) is 0 Å². The van der Waals surface area contributed by atoms with Gasteiger partial charge in [0.15, 0.2) is 0 Å². The van der Waals surface area contributed by atoms with Gasteiger partial charge in [-0.05, 0) is 68.2 Å². The van der Waals surface area contributed by atoms with Crippen LogP contribution in [0.15, 0.2) is 0 Å². The van der Waals surface area contributed by atoms with Crippen LogP contribution < -0.4 is 5.32 Å². The minimum atomic E-state index is 0.604. The first-order valence-electron chi connectivity index (χ1n) is 8.75. The molecule has 1 heteroatoms. The van der Waals surface area contributed by atoms with Crippen LogP contribution in [0.4, 0.5) is 0 Å². The quantitative estimate of drug-likeness (QED) is 0.753. The lowest BCUT2D eigenvalue weighted by Gasteiger charge is -2.43. The van der Waals surface area contributed by atoms with Crippen LogP contribution in [0, 0.1) is 23.2 Å². The van der Waals surface area contributed by atoms with Gasteiger partial charge in [0, 0.05) is 6.04 Å². The average molecular weight is 265 g/mol. The van der Waals surface area contributed by atoms with E-state index in [4.69, 9.17) is 0 Å². The number of nitrogens with one attached hydrogen (secondary N) is 1. The molecule has 2 saturated carbocycles. The van der Waals surface area contributed by atoms with E-state index >= 15 is 0 Å². The molecule has 0 radical (unpaired) electrons. The molecule has 0 amide bonds. The molecule has 19 heavy (non-hydrogen) atoms. The Kier molecular flexibility index (Phi) is 5.34. The summed E-state index contributed by atoms with van der Waals surface area (Å²) in [6.07, 6.45) is 11.6. The molecule has 1 N–H and O–H groups in total. The maximum absolute atomic E-state index is 3.87. The van der Waals surface area contributed by atoms with Crippen molar-refractivity contribution in [1.82, 2.24) is 5.32 Å². The Labute approximate surface area is 120 Å². The predicted molar refractivity (Wildman–Crippen MR) is 84.3 cm³/mol. The molecule has 0 aromatic rings. The summed E-state index contributed by atoms with van der Waals surface area (Å²) in [5.41, 5.74) is 0.604. The average Bonchev–Trinajstić information content (AvgIpc) is 2.36. The molecule has 2 fully saturated rings. The van der Waals surface area contributed by atoms with Crippen molar-refractivity contribution < 1.29 is 0 Å². The van der Waals surface area contributed by atoms with Gasteiger partial charge in [-0.3, -0.25) is 0 Å². The predicted octanol–water partition coefficient (Wildman–Crippen LogP) is 5.01. The lowest BCUT2D eigenvalue weighted by molar-refractivity contribution is 0.112. The minimum absolute atomic E-state index is 0.604. The second-order valence-electron chi connectivity index (χ2n) is 8.12. The van der Waals surface area contributed by atoms with Gasteiger partial charge in [0.25, 0.3) is 0 Å². The fourth-order valence-electron chi connectivity index (χ4n) is 4.54. The first kappa shape index (κ1) is 15.4. The van der Waals surface area contributed by atoms with Gasteiger partial charge in [-0.2, -0.15) is 0 Å². The lowest BCUT2D eigenvalue weighted by atomic mass is 9.66. The third-order valence-electron chi connectivity index (χ3n) is 5.82. The maximum Gasteiger partial charge on any atom is 0.0124 e. The van der Waals surface area contributed by atoms with E-state index in [0.29, 0.717) is 5.41 Å². The second kappa shape index (κ2) is 6.61. The fraction of sp³-hybridized carbons (Fsp3) is 1.00. The zero-order chi connectivity index (χ0) is 13.9. The maximum atomic E-state index is 3.87. The summed E-state index contributed by atoms with van der Waals surface area (Å²) in [7, 11) is 0. The van der Waals surface area contributed by atoms with E-state index in [-0.39, 0.29) is 0 Å². The van der Waals surface area contributed by atoms with Gasteiger partial charge in [-0.15, -0.1) is 0 Å². The highest BCUT2D eigenvalue weighted by atomic mass is 14.9. The Morgan fingerprint density at radius 3 is 2.32 bits per heavy atom. The minimum Gasteiger partial charge on any atom is -0.314 e. The first-order chi connectivity index (χ1) is 9.02. The van der Waals surface area contributed by atoms with E-state index in [1.165, 1.54) is 51.4 Å². The van der Waals surface area contributed by atoms with E-state index in [0.717, 1.165) is 30.3 Å². The largest absolute Gasteiger partial charge is 0.314 e. The van der Waals surface area contributed by atoms with E-state index in [2.05, 4.69) is 33.0 Å². The van der Waals surface area contributed by atoms with Crippen LogP contribution in [0.1, 0.15) is 79.1 Å². The molecule has 1 nitrogen and oxygen atoms in total. The van der Waals surface area contributed by atoms with Crippen LogP contribution >= 0.6 is 0 Å². The smallest absolute Gasteiger partial charge is 0.0124 e. The van der Waals surface area contributed by atoms with Gasteiger partial charge in [-0.25, -0.2) is 0 Å². The van der Waals surface area contributed by atoms with Crippen LogP contribution in [-0.4, -0.2) is 12.6 Å². The highest BCUT2D eigenvalue weighted by Crippen LogP contribution is 2.42. The second-order valence-corrected chi connectivity index (χ2v) is 8.12. The van der Waals surface area contributed by atoms with Crippen LogP contribution in [0.3, 0.4) is 0 Å². The van der Waals surface area contributed by atoms with Crippen molar-refractivity contribution >= 4 is 0 Å². The molecule has 0 saturated heterocycles. The number of rotatable bonds is 4. The Morgan fingerprint density at radius 1 is 1.05 bits per heavy atom. The monoisotopic (exact) mass is 265 g/mol. The molecule has 112 valence electrons. The van der Waals surface area contributed by atoms with Crippen molar-refractivity contribution in [1.29, 1.82) is 0 Å². The van der Waals surface area contributed by atoms with E-state index in [1.54, 1.807) is 0 Å². The molecule has 2 aliphatic rings.